The van der Waals surface area contributed by atoms with Gasteiger partial charge in [-0.15, -0.1) is 0 Å². The molecule has 2 N–H and O–H groups in total. The third-order valence-corrected chi connectivity index (χ3v) is 3.60. The van der Waals surface area contributed by atoms with Crippen LogP contribution in [-0.2, 0) is 6.61 Å². The van der Waals surface area contributed by atoms with Crippen molar-refractivity contribution in [3.63, 3.8) is 0 Å². The van der Waals surface area contributed by atoms with Crippen LogP contribution in [0.5, 0.6) is 11.5 Å². The second-order valence-corrected chi connectivity index (χ2v) is 5.63. The number of halogens is 2. The van der Waals surface area contributed by atoms with Gasteiger partial charge in [-0.05, 0) is 31.2 Å². The SMILES string of the molecule is COc1ccc(C(C)N)c(OCc2cc(Br)ccc2F)c1. The third kappa shape index (κ3) is 3.95. The Kier molecular flexibility index (Phi) is 5.20. The summed E-state index contributed by atoms with van der Waals surface area (Å²) in [7, 11) is 1.58. The van der Waals surface area contributed by atoms with Gasteiger partial charge >= 0.3 is 0 Å². The van der Waals surface area contributed by atoms with Crippen LogP contribution < -0.4 is 15.2 Å². The third-order valence-electron chi connectivity index (χ3n) is 3.10. The lowest BCUT2D eigenvalue weighted by Crippen LogP contribution is -2.08. The lowest BCUT2D eigenvalue weighted by atomic mass is 10.1. The predicted molar refractivity (Wildman–Crippen MR) is 84.0 cm³/mol. The summed E-state index contributed by atoms with van der Waals surface area (Å²) >= 11 is 3.32. The minimum absolute atomic E-state index is 0.123. The molecule has 0 radical (unpaired) electrons. The average Bonchev–Trinajstić information content (AvgIpc) is 2.47. The maximum absolute atomic E-state index is 13.7. The highest BCUT2D eigenvalue weighted by Gasteiger charge is 2.11. The highest BCUT2D eigenvalue weighted by molar-refractivity contribution is 9.10. The van der Waals surface area contributed by atoms with Gasteiger partial charge in [0.15, 0.2) is 0 Å². The fourth-order valence-electron chi connectivity index (χ4n) is 1.95. The van der Waals surface area contributed by atoms with E-state index >= 15 is 0 Å². The van der Waals surface area contributed by atoms with Crippen molar-refractivity contribution in [2.45, 2.75) is 19.6 Å². The quantitative estimate of drug-likeness (QED) is 0.876. The summed E-state index contributed by atoms with van der Waals surface area (Å²) < 4.78 is 25.5. The van der Waals surface area contributed by atoms with Crippen molar-refractivity contribution >= 4 is 15.9 Å². The van der Waals surface area contributed by atoms with Gasteiger partial charge in [-0.3, -0.25) is 0 Å². The van der Waals surface area contributed by atoms with E-state index in [9.17, 15) is 4.39 Å². The van der Waals surface area contributed by atoms with E-state index in [0.29, 0.717) is 17.1 Å². The molecular formula is C16H17BrFNO2. The largest absolute Gasteiger partial charge is 0.497 e. The molecule has 1 unspecified atom stereocenters. The van der Waals surface area contributed by atoms with Crippen molar-refractivity contribution in [2.75, 3.05) is 7.11 Å². The molecule has 3 nitrogen and oxygen atoms in total. The van der Waals surface area contributed by atoms with Gasteiger partial charge in [0.1, 0.15) is 23.9 Å². The van der Waals surface area contributed by atoms with E-state index in [1.807, 2.05) is 19.1 Å². The van der Waals surface area contributed by atoms with Crippen LogP contribution in [0.4, 0.5) is 4.39 Å². The summed E-state index contributed by atoms with van der Waals surface area (Å²) in [6.07, 6.45) is 0. The number of rotatable bonds is 5. The van der Waals surface area contributed by atoms with E-state index < -0.39 is 0 Å². The van der Waals surface area contributed by atoms with E-state index in [1.165, 1.54) is 6.07 Å². The zero-order valence-electron chi connectivity index (χ0n) is 11.9. The Morgan fingerprint density at radius 3 is 2.67 bits per heavy atom. The maximum atomic E-state index is 13.7. The Balaban J connectivity index is 2.24. The minimum atomic E-state index is -0.302. The minimum Gasteiger partial charge on any atom is -0.497 e. The van der Waals surface area contributed by atoms with E-state index in [0.717, 1.165) is 10.0 Å². The fourth-order valence-corrected chi connectivity index (χ4v) is 2.36. The number of hydrogen-bond donors (Lipinski definition) is 1. The lowest BCUT2D eigenvalue weighted by Gasteiger charge is -2.15. The highest BCUT2D eigenvalue weighted by Crippen LogP contribution is 2.29. The first kappa shape index (κ1) is 15.8. The summed E-state index contributed by atoms with van der Waals surface area (Å²) in [6, 6.07) is 10.0. The molecule has 21 heavy (non-hydrogen) atoms. The number of hydrogen-bond acceptors (Lipinski definition) is 3. The Hall–Kier alpha value is -1.59. The summed E-state index contributed by atoms with van der Waals surface area (Å²) in [4.78, 5) is 0. The fraction of sp³-hybridized carbons (Fsp3) is 0.250. The van der Waals surface area contributed by atoms with Crippen molar-refractivity contribution in [2.24, 2.45) is 5.73 Å². The second kappa shape index (κ2) is 6.91. The zero-order chi connectivity index (χ0) is 15.4. The van der Waals surface area contributed by atoms with E-state index in [1.54, 1.807) is 25.3 Å². The Morgan fingerprint density at radius 2 is 2.00 bits per heavy atom. The summed E-state index contributed by atoms with van der Waals surface area (Å²) in [5, 5.41) is 0. The molecule has 2 rings (SSSR count). The van der Waals surface area contributed by atoms with Gasteiger partial charge in [0.2, 0.25) is 0 Å². The topological polar surface area (TPSA) is 44.5 Å². The number of benzene rings is 2. The van der Waals surface area contributed by atoms with Gasteiger partial charge in [0.05, 0.1) is 7.11 Å². The molecule has 0 aliphatic carbocycles. The highest BCUT2D eigenvalue weighted by atomic mass is 79.9. The Labute approximate surface area is 132 Å². The molecule has 0 bridgehead atoms. The van der Waals surface area contributed by atoms with Crippen LogP contribution in [0.1, 0.15) is 24.1 Å². The Bertz CT molecular complexity index is 632. The molecule has 0 saturated carbocycles. The molecule has 0 amide bonds. The molecule has 1 atom stereocenters. The van der Waals surface area contributed by atoms with Crippen LogP contribution >= 0.6 is 15.9 Å². The molecule has 0 fully saturated rings. The molecule has 0 saturated heterocycles. The summed E-state index contributed by atoms with van der Waals surface area (Å²) in [5.74, 6) is 0.969. The van der Waals surface area contributed by atoms with E-state index in [2.05, 4.69) is 15.9 Å². The van der Waals surface area contributed by atoms with Gasteiger partial charge in [-0.25, -0.2) is 4.39 Å². The molecule has 112 valence electrons. The molecule has 0 spiro atoms. The molecule has 0 heterocycles. The van der Waals surface area contributed by atoms with Gasteiger partial charge in [0, 0.05) is 27.7 Å². The molecule has 0 aromatic heterocycles. The molecule has 0 aliphatic heterocycles. The lowest BCUT2D eigenvalue weighted by molar-refractivity contribution is 0.293. The first-order valence-electron chi connectivity index (χ1n) is 6.51. The molecule has 2 aromatic rings. The summed E-state index contributed by atoms with van der Waals surface area (Å²) in [6.45, 7) is 1.99. The van der Waals surface area contributed by atoms with E-state index in [4.69, 9.17) is 15.2 Å². The van der Waals surface area contributed by atoms with Crippen LogP contribution in [0.15, 0.2) is 40.9 Å². The monoisotopic (exact) mass is 353 g/mol. The van der Waals surface area contributed by atoms with E-state index in [-0.39, 0.29) is 18.5 Å². The smallest absolute Gasteiger partial charge is 0.129 e. The normalized spacial score (nSPS) is 12.0. The van der Waals surface area contributed by atoms with Crippen LogP contribution in [-0.4, -0.2) is 7.11 Å². The van der Waals surface area contributed by atoms with Gasteiger partial charge in [-0.1, -0.05) is 22.0 Å². The first-order valence-corrected chi connectivity index (χ1v) is 7.31. The molecule has 2 aromatic carbocycles. The average molecular weight is 354 g/mol. The molecule has 0 aliphatic rings. The van der Waals surface area contributed by atoms with Crippen molar-refractivity contribution in [3.8, 4) is 11.5 Å². The standard InChI is InChI=1S/C16H17BrFNO2/c1-10(19)14-5-4-13(20-2)8-16(14)21-9-11-7-12(17)3-6-15(11)18/h3-8,10H,9,19H2,1-2H3. The van der Waals surface area contributed by atoms with Crippen LogP contribution in [0.2, 0.25) is 0 Å². The van der Waals surface area contributed by atoms with Crippen LogP contribution in [0, 0.1) is 5.82 Å². The van der Waals surface area contributed by atoms with Crippen molar-refractivity contribution in [1.29, 1.82) is 0 Å². The van der Waals surface area contributed by atoms with Crippen molar-refractivity contribution in [3.05, 3.63) is 57.8 Å². The van der Waals surface area contributed by atoms with Crippen molar-refractivity contribution in [1.82, 2.24) is 0 Å². The molecular weight excluding hydrogens is 337 g/mol. The summed E-state index contributed by atoms with van der Waals surface area (Å²) in [5.41, 5.74) is 7.25. The van der Waals surface area contributed by atoms with Crippen LogP contribution in [0.3, 0.4) is 0 Å². The van der Waals surface area contributed by atoms with Gasteiger partial charge < -0.3 is 15.2 Å². The van der Waals surface area contributed by atoms with Crippen LogP contribution in [0.25, 0.3) is 0 Å². The predicted octanol–water partition coefficient (Wildman–Crippen LogP) is 4.20. The number of methoxy groups -OCH3 is 1. The first-order chi connectivity index (χ1) is 10.0. The Morgan fingerprint density at radius 1 is 1.24 bits per heavy atom. The zero-order valence-corrected chi connectivity index (χ0v) is 13.5. The van der Waals surface area contributed by atoms with Gasteiger partial charge in [0.25, 0.3) is 0 Å². The second-order valence-electron chi connectivity index (χ2n) is 4.72. The molecule has 5 heteroatoms. The van der Waals surface area contributed by atoms with Crippen molar-refractivity contribution < 1.29 is 13.9 Å². The van der Waals surface area contributed by atoms with Gasteiger partial charge in [-0.2, -0.15) is 0 Å². The number of nitrogens with two attached hydrogens (primary N) is 1. The maximum Gasteiger partial charge on any atom is 0.129 e. The number of ether oxygens (including phenoxy) is 2.